The minimum Gasteiger partial charge on any atom is -0.376 e. The van der Waals surface area contributed by atoms with Gasteiger partial charge in [0.25, 0.3) is 0 Å². The van der Waals surface area contributed by atoms with Crippen LogP contribution in [0.15, 0.2) is 12.3 Å². The lowest BCUT2D eigenvalue weighted by Gasteiger charge is -2.13. The molecule has 1 aliphatic heterocycles. The van der Waals surface area contributed by atoms with E-state index < -0.39 is 0 Å². The van der Waals surface area contributed by atoms with Crippen LogP contribution in [0.4, 0.5) is 5.82 Å². The van der Waals surface area contributed by atoms with E-state index in [4.69, 9.17) is 28.6 Å². The predicted octanol–water partition coefficient (Wildman–Crippen LogP) is 2.51. The van der Waals surface area contributed by atoms with Crippen molar-refractivity contribution in [3.63, 3.8) is 0 Å². The Morgan fingerprint density at radius 3 is 3.17 bits per heavy atom. The number of pyridine rings is 1. The molecular weight excluding hydrogens is 270 g/mol. The highest BCUT2D eigenvalue weighted by Crippen LogP contribution is 2.16. The second kappa shape index (κ2) is 6.31. The zero-order valence-electron chi connectivity index (χ0n) is 10.2. The van der Waals surface area contributed by atoms with Gasteiger partial charge in [-0.05, 0) is 43.6 Å². The summed E-state index contributed by atoms with van der Waals surface area (Å²) in [5.41, 5.74) is 0.969. The van der Waals surface area contributed by atoms with Crippen molar-refractivity contribution in [1.82, 2.24) is 10.3 Å². The van der Waals surface area contributed by atoms with Crippen molar-refractivity contribution in [1.29, 1.82) is 0 Å². The number of nitrogens with zero attached hydrogens (tertiary/aromatic N) is 1. The van der Waals surface area contributed by atoms with E-state index in [-0.39, 0.29) is 6.10 Å². The number of rotatable bonds is 3. The summed E-state index contributed by atoms with van der Waals surface area (Å²) in [7, 11) is 0. The van der Waals surface area contributed by atoms with Gasteiger partial charge in [-0.15, -0.1) is 0 Å². The third kappa shape index (κ3) is 3.80. The van der Waals surface area contributed by atoms with Crippen molar-refractivity contribution < 1.29 is 4.74 Å². The molecule has 2 rings (SSSR count). The Balaban J connectivity index is 1.80. The summed E-state index contributed by atoms with van der Waals surface area (Å²) in [6, 6.07) is 1.86. The molecule has 1 aliphatic rings. The summed E-state index contributed by atoms with van der Waals surface area (Å²) in [4.78, 5) is 4.16. The third-order valence-corrected chi connectivity index (χ3v) is 3.44. The van der Waals surface area contributed by atoms with E-state index in [0.717, 1.165) is 31.6 Å². The molecule has 1 aromatic rings. The summed E-state index contributed by atoms with van der Waals surface area (Å²) in [6.45, 7) is 3.51. The second-order valence-corrected chi connectivity index (χ2v) is 5.10. The fourth-order valence-electron chi connectivity index (χ4n) is 1.78. The molecule has 0 spiro atoms. The molecule has 0 aliphatic carbocycles. The molecule has 6 heteroatoms. The van der Waals surface area contributed by atoms with E-state index in [9.17, 15) is 0 Å². The van der Waals surface area contributed by atoms with Gasteiger partial charge in [-0.25, -0.2) is 4.98 Å². The number of thiocarbonyl (C=S) groups is 1. The molecule has 2 heterocycles. The van der Waals surface area contributed by atoms with Crippen LogP contribution in [0.1, 0.15) is 18.4 Å². The molecule has 0 unspecified atom stereocenters. The maximum atomic E-state index is 5.91. The monoisotopic (exact) mass is 285 g/mol. The number of anilines is 1. The van der Waals surface area contributed by atoms with Crippen molar-refractivity contribution in [3.05, 3.63) is 22.8 Å². The fourth-order valence-corrected chi connectivity index (χ4v) is 2.07. The summed E-state index contributed by atoms with van der Waals surface area (Å²) in [5, 5.41) is 7.37. The molecular formula is C12H16ClN3OS. The molecule has 1 aromatic heterocycles. The third-order valence-electron chi connectivity index (χ3n) is 2.80. The van der Waals surface area contributed by atoms with E-state index in [0.29, 0.717) is 16.0 Å². The van der Waals surface area contributed by atoms with Gasteiger partial charge in [0.05, 0.1) is 11.1 Å². The van der Waals surface area contributed by atoms with Gasteiger partial charge in [-0.2, -0.15) is 0 Å². The number of nitrogens with one attached hydrogen (secondary N) is 2. The van der Waals surface area contributed by atoms with Gasteiger partial charge in [-0.3, -0.25) is 0 Å². The van der Waals surface area contributed by atoms with E-state index in [1.54, 1.807) is 6.20 Å². The minimum atomic E-state index is 0.268. The van der Waals surface area contributed by atoms with Gasteiger partial charge in [-0.1, -0.05) is 11.6 Å². The van der Waals surface area contributed by atoms with Gasteiger partial charge in [0, 0.05) is 19.3 Å². The molecule has 1 fully saturated rings. The maximum Gasteiger partial charge on any atom is 0.172 e. The van der Waals surface area contributed by atoms with Crippen molar-refractivity contribution in [2.45, 2.75) is 25.9 Å². The lowest BCUT2D eigenvalue weighted by Crippen LogP contribution is -2.35. The number of halogens is 1. The van der Waals surface area contributed by atoms with Gasteiger partial charge in [0.2, 0.25) is 0 Å². The van der Waals surface area contributed by atoms with Crippen LogP contribution < -0.4 is 10.6 Å². The summed E-state index contributed by atoms with van der Waals surface area (Å²) >= 11 is 11.1. The van der Waals surface area contributed by atoms with Crippen LogP contribution in [-0.2, 0) is 4.74 Å². The lowest BCUT2D eigenvalue weighted by molar-refractivity contribution is 0.114. The Morgan fingerprint density at radius 1 is 1.67 bits per heavy atom. The van der Waals surface area contributed by atoms with E-state index in [2.05, 4.69) is 15.6 Å². The maximum absolute atomic E-state index is 5.91. The molecule has 2 N–H and O–H groups in total. The van der Waals surface area contributed by atoms with E-state index >= 15 is 0 Å². The SMILES string of the molecule is Cc1cc(NC(=S)NC[C@@H]2CCCO2)ncc1Cl. The average Bonchev–Trinajstić information content (AvgIpc) is 2.84. The van der Waals surface area contributed by atoms with Gasteiger partial charge < -0.3 is 15.4 Å². The topological polar surface area (TPSA) is 46.2 Å². The van der Waals surface area contributed by atoms with Crippen LogP contribution >= 0.6 is 23.8 Å². The molecule has 18 heavy (non-hydrogen) atoms. The van der Waals surface area contributed by atoms with Crippen LogP contribution in [0.3, 0.4) is 0 Å². The van der Waals surface area contributed by atoms with Crippen LogP contribution in [0.2, 0.25) is 5.02 Å². The smallest absolute Gasteiger partial charge is 0.172 e. The van der Waals surface area contributed by atoms with Crippen molar-refractivity contribution in [2.75, 3.05) is 18.5 Å². The minimum absolute atomic E-state index is 0.268. The Bertz CT molecular complexity index is 435. The Hall–Kier alpha value is -0.910. The van der Waals surface area contributed by atoms with Gasteiger partial charge in [0.15, 0.2) is 5.11 Å². The molecule has 1 saturated heterocycles. The number of aryl methyl sites for hydroxylation is 1. The number of aromatic nitrogens is 1. The first-order chi connectivity index (χ1) is 8.65. The molecule has 0 radical (unpaired) electrons. The molecule has 0 bridgehead atoms. The molecule has 98 valence electrons. The molecule has 0 saturated carbocycles. The molecule has 0 amide bonds. The second-order valence-electron chi connectivity index (χ2n) is 4.29. The lowest BCUT2D eigenvalue weighted by atomic mass is 10.2. The van der Waals surface area contributed by atoms with Crippen LogP contribution in [-0.4, -0.2) is 29.4 Å². The summed E-state index contributed by atoms with van der Waals surface area (Å²) < 4.78 is 5.51. The number of hydrogen-bond donors (Lipinski definition) is 2. The van der Waals surface area contributed by atoms with Crippen molar-refractivity contribution in [3.8, 4) is 0 Å². The molecule has 0 aromatic carbocycles. The average molecular weight is 286 g/mol. The van der Waals surface area contributed by atoms with E-state index in [1.165, 1.54) is 0 Å². The number of ether oxygens (including phenoxy) is 1. The zero-order valence-corrected chi connectivity index (χ0v) is 11.8. The van der Waals surface area contributed by atoms with Gasteiger partial charge in [0.1, 0.15) is 5.82 Å². The van der Waals surface area contributed by atoms with Crippen molar-refractivity contribution >= 4 is 34.7 Å². The van der Waals surface area contributed by atoms with Gasteiger partial charge >= 0.3 is 0 Å². The highest BCUT2D eigenvalue weighted by atomic mass is 35.5. The Labute approximate surface area is 117 Å². The molecule has 4 nitrogen and oxygen atoms in total. The molecule has 1 atom stereocenters. The van der Waals surface area contributed by atoms with Crippen LogP contribution in [0, 0.1) is 6.92 Å². The Morgan fingerprint density at radius 2 is 2.50 bits per heavy atom. The van der Waals surface area contributed by atoms with E-state index in [1.807, 2.05) is 13.0 Å². The Kier molecular flexibility index (Phi) is 4.74. The zero-order chi connectivity index (χ0) is 13.0. The summed E-state index contributed by atoms with van der Waals surface area (Å²) in [6.07, 6.45) is 4.10. The fraction of sp³-hybridized carbons (Fsp3) is 0.500. The highest BCUT2D eigenvalue weighted by Gasteiger charge is 2.15. The normalized spacial score (nSPS) is 18.7. The van der Waals surface area contributed by atoms with Crippen molar-refractivity contribution in [2.24, 2.45) is 0 Å². The summed E-state index contributed by atoms with van der Waals surface area (Å²) in [5.74, 6) is 0.696. The number of hydrogen-bond acceptors (Lipinski definition) is 3. The standard InChI is InChI=1S/C12H16ClN3OS/c1-8-5-11(14-7-10(8)13)16-12(18)15-6-9-3-2-4-17-9/h5,7,9H,2-4,6H2,1H3,(H2,14,15,16,18)/t9-/m0/s1. The first-order valence-corrected chi connectivity index (χ1v) is 6.72. The first kappa shape index (κ1) is 13.5. The van der Waals surface area contributed by atoms with Crippen LogP contribution in [0.25, 0.3) is 0 Å². The largest absolute Gasteiger partial charge is 0.376 e. The quantitative estimate of drug-likeness (QED) is 0.836. The highest BCUT2D eigenvalue weighted by molar-refractivity contribution is 7.80. The predicted molar refractivity (Wildman–Crippen MR) is 77.2 cm³/mol. The van der Waals surface area contributed by atoms with Crippen LogP contribution in [0.5, 0.6) is 0 Å². The first-order valence-electron chi connectivity index (χ1n) is 5.94.